The molecular formula is C29H31N5O4. The molecule has 1 saturated heterocycles. The van der Waals surface area contributed by atoms with E-state index in [0.29, 0.717) is 11.1 Å². The van der Waals surface area contributed by atoms with E-state index in [1.165, 1.54) is 5.56 Å². The van der Waals surface area contributed by atoms with Crippen LogP contribution in [0.5, 0.6) is 0 Å². The number of hydrogen-bond donors (Lipinski definition) is 2. The Morgan fingerprint density at radius 3 is 2.76 bits per heavy atom. The quantitative estimate of drug-likeness (QED) is 0.255. The summed E-state index contributed by atoms with van der Waals surface area (Å²) in [6.07, 6.45) is 4.60. The van der Waals surface area contributed by atoms with Crippen LogP contribution >= 0.6 is 0 Å². The summed E-state index contributed by atoms with van der Waals surface area (Å²) in [5.41, 5.74) is 4.04. The molecule has 196 valence electrons. The van der Waals surface area contributed by atoms with Gasteiger partial charge >= 0.3 is 11.7 Å². The topological polar surface area (TPSA) is 115 Å². The van der Waals surface area contributed by atoms with Crippen molar-refractivity contribution in [2.24, 2.45) is 0 Å². The summed E-state index contributed by atoms with van der Waals surface area (Å²) in [5, 5.41) is 13.5. The number of piperazine rings is 1. The number of carbonyl (C=O) groups is 1. The molecule has 0 spiro atoms. The van der Waals surface area contributed by atoms with Gasteiger partial charge in [0.1, 0.15) is 11.3 Å². The lowest BCUT2D eigenvalue weighted by atomic mass is 10.1. The third-order valence-corrected chi connectivity index (χ3v) is 7.03. The average molecular weight is 514 g/mol. The van der Waals surface area contributed by atoms with Gasteiger partial charge in [0.2, 0.25) is 0 Å². The number of nitrogens with one attached hydrogen (secondary N) is 2. The summed E-state index contributed by atoms with van der Waals surface area (Å²) >= 11 is 0. The molecule has 1 aliphatic heterocycles. The Morgan fingerprint density at radius 1 is 1.13 bits per heavy atom. The van der Waals surface area contributed by atoms with Gasteiger partial charge in [0.15, 0.2) is 0 Å². The minimum absolute atomic E-state index is 0.0658. The molecule has 2 aromatic carbocycles. The number of aromatic amines is 1. The van der Waals surface area contributed by atoms with Gasteiger partial charge in [-0.2, -0.15) is 5.26 Å². The number of benzene rings is 2. The highest BCUT2D eigenvalue weighted by Crippen LogP contribution is 2.25. The first kappa shape index (κ1) is 25.4. The second-order valence-electron chi connectivity index (χ2n) is 9.49. The highest BCUT2D eigenvalue weighted by molar-refractivity contribution is 5.89. The van der Waals surface area contributed by atoms with Crippen molar-refractivity contribution in [3.63, 3.8) is 0 Å². The number of hydrogen-bond acceptors (Lipinski definition) is 7. The lowest BCUT2D eigenvalue weighted by molar-refractivity contribution is 0.168. The fraction of sp³-hybridized carbons (Fsp3) is 0.345. The molecule has 2 aromatic heterocycles. The molecule has 0 atom stereocenters. The van der Waals surface area contributed by atoms with Crippen LogP contribution in [-0.4, -0.2) is 55.3 Å². The molecule has 0 bridgehead atoms. The van der Waals surface area contributed by atoms with Crippen molar-refractivity contribution in [2.75, 3.05) is 49.5 Å². The minimum atomic E-state index is -0.680. The number of H-pyrrole nitrogens is 1. The molecule has 0 unspecified atom stereocenters. The molecular weight excluding hydrogens is 482 g/mol. The number of carbonyl (C=O) groups excluding carboxylic acids is 1. The van der Waals surface area contributed by atoms with E-state index >= 15 is 0 Å². The van der Waals surface area contributed by atoms with E-state index in [1.807, 2.05) is 30.3 Å². The number of unbranched alkanes of at least 4 members (excludes halogenated alkanes) is 1. The number of aromatic nitrogens is 1. The van der Waals surface area contributed by atoms with Gasteiger partial charge in [-0.3, -0.25) is 10.2 Å². The van der Waals surface area contributed by atoms with Gasteiger partial charge in [0, 0.05) is 54.4 Å². The number of rotatable bonds is 8. The van der Waals surface area contributed by atoms with E-state index in [9.17, 15) is 14.9 Å². The Hall–Kier alpha value is -4.29. The number of nitriles is 1. The number of fused-ring (bicyclic) bond motifs is 2. The molecule has 4 aromatic rings. The number of aryl methyl sites for hydroxylation is 1. The second kappa shape index (κ2) is 11.4. The van der Waals surface area contributed by atoms with E-state index in [-0.39, 0.29) is 12.3 Å². The average Bonchev–Trinajstić information content (AvgIpc) is 3.34. The maximum Gasteiger partial charge on any atom is 0.411 e. The minimum Gasteiger partial charge on any atom is -0.450 e. The molecule has 1 amide bonds. The first-order valence-corrected chi connectivity index (χ1v) is 13.0. The highest BCUT2D eigenvalue weighted by atomic mass is 16.5. The number of ether oxygens (including phenoxy) is 1. The molecule has 9 heteroatoms. The zero-order valence-corrected chi connectivity index (χ0v) is 21.5. The Morgan fingerprint density at radius 2 is 1.97 bits per heavy atom. The van der Waals surface area contributed by atoms with Crippen LogP contribution < -0.4 is 15.8 Å². The van der Waals surface area contributed by atoms with Crippen LogP contribution in [0.15, 0.2) is 57.9 Å². The van der Waals surface area contributed by atoms with Crippen LogP contribution in [0.2, 0.25) is 0 Å². The summed E-state index contributed by atoms with van der Waals surface area (Å²) in [7, 11) is 0. The van der Waals surface area contributed by atoms with Crippen molar-refractivity contribution >= 4 is 39.3 Å². The van der Waals surface area contributed by atoms with Gasteiger partial charge in [-0.1, -0.05) is 0 Å². The fourth-order valence-electron chi connectivity index (χ4n) is 5.01. The lowest BCUT2D eigenvalue weighted by Gasteiger charge is -2.36. The summed E-state index contributed by atoms with van der Waals surface area (Å²) < 4.78 is 10.2. The molecule has 0 radical (unpaired) electrons. The summed E-state index contributed by atoms with van der Waals surface area (Å²) in [5.74, 6) is 0. The van der Waals surface area contributed by atoms with Crippen molar-refractivity contribution in [2.45, 2.75) is 26.2 Å². The van der Waals surface area contributed by atoms with Gasteiger partial charge in [0.25, 0.3) is 0 Å². The smallest absolute Gasteiger partial charge is 0.411 e. The monoisotopic (exact) mass is 513 g/mol. The predicted molar refractivity (Wildman–Crippen MR) is 148 cm³/mol. The molecule has 0 aliphatic carbocycles. The second-order valence-corrected chi connectivity index (χ2v) is 9.49. The lowest BCUT2D eigenvalue weighted by Crippen LogP contribution is -2.46. The van der Waals surface area contributed by atoms with E-state index in [4.69, 9.17) is 9.15 Å². The van der Waals surface area contributed by atoms with E-state index in [1.54, 1.807) is 19.1 Å². The molecule has 3 heterocycles. The van der Waals surface area contributed by atoms with Crippen molar-refractivity contribution in [3.05, 3.63) is 70.2 Å². The Balaban J connectivity index is 1.13. The molecule has 0 saturated carbocycles. The Kier molecular flexibility index (Phi) is 7.61. The largest absolute Gasteiger partial charge is 0.450 e. The van der Waals surface area contributed by atoms with E-state index in [0.717, 1.165) is 74.0 Å². The van der Waals surface area contributed by atoms with Crippen LogP contribution in [0.3, 0.4) is 0 Å². The maximum atomic E-state index is 12.2. The molecule has 5 rings (SSSR count). The van der Waals surface area contributed by atoms with Crippen LogP contribution in [0.4, 0.5) is 16.2 Å². The van der Waals surface area contributed by atoms with Crippen molar-refractivity contribution in [1.29, 1.82) is 5.26 Å². The van der Waals surface area contributed by atoms with Crippen LogP contribution in [-0.2, 0) is 11.2 Å². The predicted octanol–water partition coefficient (Wildman–Crippen LogP) is 4.86. The number of anilines is 2. The highest BCUT2D eigenvalue weighted by Gasteiger charge is 2.18. The van der Waals surface area contributed by atoms with Gasteiger partial charge in [0.05, 0.1) is 18.2 Å². The zero-order valence-electron chi connectivity index (χ0n) is 21.5. The summed E-state index contributed by atoms with van der Waals surface area (Å²) in [6.45, 7) is 6.77. The van der Waals surface area contributed by atoms with Gasteiger partial charge in [-0.25, -0.2) is 9.59 Å². The molecule has 2 N–H and O–H groups in total. The maximum absolute atomic E-state index is 12.2. The third-order valence-electron chi connectivity index (χ3n) is 7.03. The van der Waals surface area contributed by atoms with E-state index in [2.05, 4.69) is 32.4 Å². The van der Waals surface area contributed by atoms with Crippen molar-refractivity contribution < 1.29 is 13.9 Å². The Labute approximate surface area is 220 Å². The fourth-order valence-corrected chi connectivity index (χ4v) is 5.01. The van der Waals surface area contributed by atoms with Crippen molar-refractivity contribution in [1.82, 2.24) is 9.88 Å². The molecule has 1 aliphatic rings. The first-order chi connectivity index (χ1) is 18.5. The summed E-state index contributed by atoms with van der Waals surface area (Å²) in [6, 6.07) is 15.4. The number of nitrogens with zero attached hydrogens (tertiary/aromatic N) is 3. The van der Waals surface area contributed by atoms with Crippen LogP contribution in [0.25, 0.3) is 21.9 Å². The summed E-state index contributed by atoms with van der Waals surface area (Å²) in [4.78, 5) is 32.1. The number of amides is 1. The van der Waals surface area contributed by atoms with E-state index < -0.39 is 11.7 Å². The normalized spacial score (nSPS) is 14.1. The van der Waals surface area contributed by atoms with Crippen LogP contribution in [0.1, 0.15) is 30.9 Å². The standard InChI is InChI=1S/C29H31N5O4/c1-2-37-29(36)32-26-17-22-16-23(7-9-27(22)38-28(26)35)34-13-11-33(12-14-34)10-4-3-5-21-19-31-25-8-6-20(18-30)15-24(21)25/h6-9,15-17,19,31H,2-5,10-14H2,1H3,(H,32,36). The SMILES string of the molecule is CCOC(=O)Nc1cc2cc(N3CCN(CCCCc4c[nH]c5ccc(C#N)cc45)CC3)ccc2oc1=O. The molecule has 38 heavy (non-hydrogen) atoms. The Bertz CT molecular complexity index is 1540. The third kappa shape index (κ3) is 5.66. The molecule has 1 fully saturated rings. The van der Waals surface area contributed by atoms with Gasteiger partial charge in [-0.15, -0.1) is 0 Å². The zero-order chi connectivity index (χ0) is 26.5. The van der Waals surface area contributed by atoms with Crippen molar-refractivity contribution in [3.8, 4) is 6.07 Å². The van der Waals surface area contributed by atoms with Gasteiger partial charge < -0.3 is 19.0 Å². The first-order valence-electron chi connectivity index (χ1n) is 13.0. The van der Waals surface area contributed by atoms with Crippen LogP contribution in [0, 0.1) is 11.3 Å². The molecule has 9 nitrogen and oxygen atoms in total. The van der Waals surface area contributed by atoms with Gasteiger partial charge in [-0.05, 0) is 80.8 Å².